The van der Waals surface area contributed by atoms with Crippen molar-refractivity contribution in [3.8, 4) is 0 Å². The Balaban J connectivity index is 1.76. The molecule has 0 aromatic heterocycles. The number of carboxylic acid groups (broad SMARTS) is 1. The van der Waals surface area contributed by atoms with E-state index in [1.54, 1.807) is 4.90 Å². The van der Waals surface area contributed by atoms with E-state index in [1.165, 1.54) is 0 Å². The summed E-state index contributed by atoms with van der Waals surface area (Å²) in [4.78, 5) is 12.2. The summed E-state index contributed by atoms with van der Waals surface area (Å²) in [7, 11) is 0. The molecule has 0 aromatic rings. The zero-order valence-electron chi connectivity index (χ0n) is 7.75. The first-order valence-corrected chi connectivity index (χ1v) is 4.81. The predicted octanol–water partition coefficient (Wildman–Crippen LogP) is 1.05. The minimum Gasteiger partial charge on any atom is -0.481 e. The number of carboxylic acids is 1. The normalized spacial score (nSPS) is 35.9. The number of likely N-dealkylation sites (tertiary alicyclic amines) is 1. The first kappa shape index (κ1) is 9.83. The van der Waals surface area contributed by atoms with Crippen molar-refractivity contribution >= 4 is 5.97 Å². The molecule has 1 aliphatic carbocycles. The first-order valence-electron chi connectivity index (χ1n) is 4.81. The molecule has 1 aliphatic heterocycles. The van der Waals surface area contributed by atoms with E-state index >= 15 is 0 Å². The Bertz CT molecular complexity index is 257. The van der Waals surface area contributed by atoms with Crippen LogP contribution in [0.3, 0.4) is 0 Å². The van der Waals surface area contributed by atoms with Gasteiger partial charge < -0.3 is 5.11 Å². The Kier molecular flexibility index (Phi) is 2.21. The molecule has 1 N–H and O–H groups in total. The van der Waals surface area contributed by atoms with E-state index in [2.05, 4.69) is 0 Å². The van der Waals surface area contributed by atoms with E-state index < -0.39 is 11.9 Å². The second-order valence-corrected chi connectivity index (χ2v) is 4.28. The molecule has 1 heterocycles. The average molecular weight is 205 g/mol. The summed E-state index contributed by atoms with van der Waals surface area (Å²) in [6, 6.07) is 0. The van der Waals surface area contributed by atoms with Crippen molar-refractivity contribution in [2.75, 3.05) is 19.6 Å². The molecule has 2 rings (SSSR count). The van der Waals surface area contributed by atoms with E-state index in [9.17, 15) is 13.6 Å². The van der Waals surface area contributed by atoms with Crippen LogP contribution in [0.1, 0.15) is 12.8 Å². The van der Waals surface area contributed by atoms with Gasteiger partial charge in [-0.2, -0.15) is 0 Å². The van der Waals surface area contributed by atoms with Gasteiger partial charge in [-0.1, -0.05) is 0 Å². The van der Waals surface area contributed by atoms with E-state index in [0.29, 0.717) is 19.5 Å². The second-order valence-electron chi connectivity index (χ2n) is 4.28. The average Bonchev–Trinajstić information content (AvgIpc) is 2.72. The summed E-state index contributed by atoms with van der Waals surface area (Å²) >= 11 is 0. The maximum Gasteiger partial charge on any atom is 0.306 e. The molecule has 0 amide bonds. The van der Waals surface area contributed by atoms with Gasteiger partial charge in [-0.25, -0.2) is 8.78 Å². The van der Waals surface area contributed by atoms with E-state index in [4.69, 9.17) is 5.11 Å². The Morgan fingerprint density at radius 1 is 1.57 bits per heavy atom. The van der Waals surface area contributed by atoms with E-state index in [0.717, 1.165) is 0 Å². The molecule has 2 unspecified atom stereocenters. The molecular weight excluding hydrogens is 192 g/mol. The minimum atomic E-state index is -2.56. The Morgan fingerprint density at radius 2 is 2.29 bits per heavy atom. The largest absolute Gasteiger partial charge is 0.481 e. The van der Waals surface area contributed by atoms with Crippen molar-refractivity contribution in [3.05, 3.63) is 0 Å². The number of hydrogen-bond acceptors (Lipinski definition) is 2. The molecule has 2 fully saturated rings. The zero-order chi connectivity index (χ0) is 10.3. The van der Waals surface area contributed by atoms with Crippen LogP contribution in [-0.2, 0) is 4.79 Å². The van der Waals surface area contributed by atoms with Gasteiger partial charge in [0.05, 0.1) is 12.5 Å². The topological polar surface area (TPSA) is 40.5 Å². The Hall–Kier alpha value is -0.710. The van der Waals surface area contributed by atoms with Crippen LogP contribution < -0.4 is 0 Å². The monoisotopic (exact) mass is 205 g/mol. The van der Waals surface area contributed by atoms with Crippen LogP contribution in [0.15, 0.2) is 0 Å². The molecule has 0 aromatic carbocycles. The lowest BCUT2D eigenvalue weighted by Gasteiger charge is -2.14. The van der Waals surface area contributed by atoms with E-state index in [-0.39, 0.29) is 24.8 Å². The van der Waals surface area contributed by atoms with Crippen molar-refractivity contribution in [3.63, 3.8) is 0 Å². The summed E-state index contributed by atoms with van der Waals surface area (Å²) in [5, 5.41) is 8.63. The van der Waals surface area contributed by atoms with Crippen molar-refractivity contribution in [1.29, 1.82) is 0 Å². The van der Waals surface area contributed by atoms with Gasteiger partial charge in [-0.05, 0) is 12.3 Å². The lowest BCUT2D eigenvalue weighted by atomic mass is 10.3. The Morgan fingerprint density at radius 3 is 2.71 bits per heavy atom. The fourth-order valence-corrected chi connectivity index (χ4v) is 2.05. The molecule has 14 heavy (non-hydrogen) atoms. The van der Waals surface area contributed by atoms with Crippen LogP contribution in [0.5, 0.6) is 0 Å². The Labute approximate surface area is 80.7 Å². The van der Waals surface area contributed by atoms with Crippen LogP contribution in [-0.4, -0.2) is 41.5 Å². The maximum absolute atomic E-state index is 12.8. The zero-order valence-corrected chi connectivity index (χ0v) is 7.75. The first-order chi connectivity index (χ1) is 6.48. The number of halogens is 2. The minimum absolute atomic E-state index is 0.0859. The van der Waals surface area contributed by atoms with Gasteiger partial charge in [0, 0.05) is 19.5 Å². The van der Waals surface area contributed by atoms with Gasteiger partial charge in [0.1, 0.15) is 0 Å². The van der Waals surface area contributed by atoms with Crippen molar-refractivity contribution < 1.29 is 18.7 Å². The highest BCUT2D eigenvalue weighted by molar-refractivity contribution is 5.73. The molecule has 2 atom stereocenters. The molecule has 3 nitrogen and oxygen atoms in total. The molecule has 0 spiro atoms. The predicted molar refractivity (Wildman–Crippen MR) is 45.2 cm³/mol. The van der Waals surface area contributed by atoms with Gasteiger partial charge in [0.2, 0.25) is 0 Å². The quantitative estimate of drug-likeness (QED) is 0.748. The lowest BCUT2D eigenvalue weighted by molar-refractivity contribution is -0.138. The van der Waals surface area contributed by atoms with Gasteiger partial charge in [0.15, 0.2) is 0 Å². The fraction of sp³-hybridized carbons (Fsp3) is 0.889. The molecule has 1 saturated heterocycles. The van der Waals surface area contributed by atoms with Gasteiger partial charge >= 0.3 is 5.97 Å². The van der Waals surface area contributed by atoms with Crippen molar-refractivity contribution in [2.24, 2.45) is 11.8 Å². The SMILES string of the molecule is O=C(O)C1CC1CN1CCC(F)(F)C1. The highest BCUT2D eigenvalue weighted by Gasteiger charge is 2.46. The van der Waals surface area contributed by atoms with Gasteiger partial charge in [0.25, 0.3) is 5.92 Å². The third-order valence-electron chi connectivity index (χ3n) is 2.98. The molecule has 1 saturated carbocycles. The fourth-order valence-electron chi connectivity index (χ4n) is 2.05. The van der Waals surface area contributed by atoms with Crippen molar-refractivity contribution in [2.45, 2.75) is 18.8 Å². The summed E-state index contributed by atoms with van der Waals surface area (Å²) in [6.07, 6.45) is 0.564. The van der Waals surface area contributed by atoms with Crippen LogP contribution in [0, 0.1) is 11.8 Å². The highest BCUT2D eigenvalue weighted by atomic mass is 19.3. The van der Waals surface area contributed by atoms with Crippen LogP contribution in [0.2, 0.25) is 0 Å². The standard InChI is InChI=1S/C9H13F2NO2/c10-9(11)1-2-12(5-9)4-6-3-7(6)8(13)14/h6-7H,1-5H2,(H,13,14). The third kappa shape index (κ3) is 2.03. The van der Waals surface area contributed by atoms with Gasteiger partial charge in [-0.3, -0.25) is 9.69 Å². The van der Waals surface area contributed by atoms with Crippen LogP contribution in [0.4, 0.5) is 8.78 Å². The number of carbonyl (C=O) groups is 1. The third-order valence-corrected chi connectivity index (χ3v) is 2.98. The number of hydrogen-bond donors (Lipinski definition) is 1. The number of alkyl halides is 2. The number of aliphatic carboxylic acids is 1. The van der Waals surface area contributed by atoms with Gasteiger partial charge in [-0.15, -0.1) is 0 Å². The smallest absolute Gasteiger partial charge is 0.306 e. The summed E-state index contributed by atoms with van der Waals surface area (Å²) in [6.45, 7) is 0.720. The molecule has 80 valence electrons. The van der Waals surface area contributed by atoms with Crippen LogP contribution in [0.25, 0.3) is 0 Å². The molecular formula is C9H13F2NO2. The summed E-state index contributed by atoms with van der Waals surface area (Å²) in [5.41, 5.74) is 0. The maximum atomic E-state index is 12.8. The van der Waals surface area contributed by atoms with Crippen molar-refractivity contribution in [1.82, 2.24) is 4.90 Å². The summed E-state index contributed by atoms with van der Waals surface area (Å²) < 4.78 is 25.5. The lowest BCUT2D eigenvalue weighted by Crippen LogP contribution is -2.27. The van der Waals surface area contributed by atoms with Crippen LogP contribution >= 0.6 is 0 Å². The van der Waals surface area contributed by atoms with E-state index in [1.807, 2.05) is 0 Å². The molecule has 5 heteroatoms. The highest BCUT2D eigenvalue weighted by Crippen LogP contribution is 2.40. The number of rotatable bonds is 3. The number of nitrogens with zero attached hydrogens (tertiary/aromatic N) is 1. The molecule has 2 aliphatic rings. The second kappa shape index (κ2) is 3.15. The summed E-state index contributed by atoms with van der Waals surface area (Å²) in [5.74, 6) is -3.54. The molecule has 0 radical (unpaired) electrons. The molecule has 0 bridgehead atoms.